The van der Waals surface area contributed by atoms with Crippen LogP contribution >= 0.6 is 15.9 Å². The van der Waals surface area contributed by atoms with E-state index in [1.165, 1.54) is 12.8 Å². The highest BCUT2D eigenvalue weighted by molar-refractivity contribution is 9.09. The summed E-state index contributed by atoms with van der Waals surface area (Å²) >= 11 is 3.52. The summed E-state index contributed by atoms with van der Waals surface area (Å²) in [6, 6.07) is 7.69. The Balaban J connectivity index is 1.61. The van der Waals surface area contributed by atoms with Crippen molar-refractivity contribution in [1.29, 1.82) is 0 Å². The van der Waals surface area contributed by atoms with E-state index in [-0.39, 0.29) is 18.6 Å². The molecule has 0 spiro atoms. The lowest BCUT2D eigenvalue weighted by Gasteiger charge is -2.27. The van der Waals surface area contributed by atoms with Crippen LogP contribution < -0.4 is 14.8 Å². The summed E-state index contributed by atoms with van der Waals surface area (Å²) in [4.78, 5) is 12.3. The molecule has 3 unspecified atom stereocenters. The Morgan fingerprint density at radius 3 is 2.90 bits per heavy atom. The molecule has 1 aromatic rings. The molecule has 0 bridgehead atoms. The second kappa shape index (κ2) is 6.04. The number of ether oxygens (including phenoxy) is 2. The average molecular weight is 340 g/mol. The average Bonchev–Trinajstić information content (AvgIpc) is 2.94. The third-order valence-corrected chi connectivity index (χ3v) is 4.82. The molecular formula is C15H18BrNO3. The van der Waals surface area contributed by atoms with E-state index in [1.54, 1.807) is 0 Å². The lowest BCUT2D eigenvalue weighted by Crippen LogP contribution is -2.48. The zero-order chi connectivity index (χ0) is 13.9. The molecule has 1 aromatic carbocycles. The molecule has 1 amide bonds. The van der Waals surface area contributed by atoms with Gasteiger partial charge in [0.1, 0.15) is 6.61 Å². The molecule has 3 atom stereocenters. The molecule has 5 heteroatoms. The van der Waals surface area contributed by atoms with Gasteiger partial charge in [0.2, 0.25) is 6.10 Å². The number of hydrogen-bond donors (Lipinski definition) is 1. The fraction of sp³-hybridized carbons (Fsp3) is 0.533. The van der Waals surface area contributed by atoms with Crippen LogP contribution in [-0.4, -0.2) is 30.0 Å². The Hall–Kier alpha value is -1.23. The van der Waals surface area contributed by atoms with Gasteiger partial charge in [-0.1, -0.05) is 34.5 Å². The topological polar surface area (TPSA) is 47.6 Å². The first kappa shape index (κ1) is 13.7. The number of hydrogen-bond acceptors (Lipinski definition) is 3. The predicted molar refractivity (Wildman–Crippen MR) is 79.4 cm³/mol. The molecule has 2 aliphatic rings. The van der Waals surface area contributed by atoms with Crippen LogP contribution in [0.25, 0.3) is 0 Å². The van der Waals surface area contributed by atoms with Crippen molar-refractivity contribution < 1.29 is 14.3 Å². The summed E-state index contributed by atoms with van der Waals surface area (Å²) in [5.41, 5.74) is 0. The molecule has 1 heterocycles. The van der Waals surface area contributed by atoms with Gasteiger partial charge in [-0.2, -0.15) is 0 Å². The van der Waals surface area contributed by atoms with Crippen LogP contribution in [0.3, 0.4) is 0 Å². The molecule has 3 rings (SSSR count). The summed E-state index contributed by atoms with van der Waals surface area (Å²) in [6.07, 6.45) is 2.83. The minimum absolute atomic E-state index is 0.0719. The number of nitrogens with one attached hydrogen (secondary N) is 1. The largest absolute Gasteiger partial charge is 0.485 e. The summed E-state index contributed by atoms with van der Waals surface area (Å²) in [6.45, 7) is 0.272. The van der Waals surface area contributed by atoms with E-state index >= 15 is 0 Å². The third-order valence-electron chi connectivity index (χ3n) is 3.99. The fourth-order valence-electron chi connectivity index (χ4n) is 2.84. The van der Waals surface area contributed by atoms with Gasteiger partial charge < -0.3 is 14.8 Å². The standard InChI is InChI=1S/C15H18BrNO3/c16-8-10-4-3-5-11(10)17-15(18)14-9-19-12-6-1-2-7-13(12)20-14/h1-2,6-7,10-11,14H,3-5,8-9H2,(H,17,18). The molecule has 0 saturated heterocycles. The zero-order valence-corrected chi connectivity index (χ0v) is 12.8. The number of halogens is 1. The lowest BCUT2D eigenvalue weighted by atomic mass is 10.1. The molecule has 20 heavy (non-hydrogen) atoms. The van der Waals surface area contributed by atoms with E-state index < -0.39 is 6.10 Å². The van der Waals surface area contributed by atoms with Crippen molar-refractivity contribution in [2.24, 2.45) is 5.92 Å². The van der Waals surface area contributed by atoms with Gasteiger partial charge in [-0.3, -0.25) is 4.79 Å². The summed E-state index contributed by atoms with van der Waals surface area (Å²) in [5, 5.41) is 4.04. The highest BCUT2D eigenvalue weighted by atomic mass is 79.9. The van der Waals surface area contributed by atoms with Gasteiger partial charge in [0.15, 0.2) is 11.5 Å². The number of para-hydroxylation sites is 2. The second-order valence-electron chi connectivity index (χ2n) is 5.32. The number of carbonyl (C=O) groups excluding carboxylic acids is 1. The van der Waals surface area contributed by atoms with Crippen molar-refractivity contribution in [1.82, 2.24) is 5.32 Å². The van der Waals surface area contributed by atoms with E-state index in [4.69, 9.17) is 9.47 Å². The van der Waals surface area contributed by atoms with Crippen molar-refractivity contribution in [3.8, 4) is 11.5 Å². The van der Waals surface area contributed by atoms with Gasteiger partial charge in [0.05, 0.1) is 0 Å². The SMILES string of the molecule is O=C(NC1CCCC1CBr)C1COc2ccccc2O1. The molecule has 1 N–H and O–H groups in total. The zero-order valence-electron chi connectivity index (χ0n) is 11.2. The summed E-state index contributed by atoms with van der Waals surface area (Å²) in [5.74, 6) is 1.80. The van der Waals surface area contributed by atoms with Gasteiger partial charge in [-0.05, 0) is 30.9 Å². The first-order chi connectivity index (χ1) is 9.78. The molecule has 0 aromatic heterocycles. The van der Waals surface area contributed by atoms with Crippen molar-refractivity contribution >= 4 is 21.8 Å². The molecule has 0 radical (unpaired) electrons. The van der Waals surface area contributed by atoms with E-state index in [0.29, 0.717) is 17.4 Å². The Morgan fingerprint density at radius 2 is 2.10 bits per heavy atom. The van der Waals surface area contributed by atoms with E-state index in [9.17, 15) is 4.79 Å². The Bertz CT molecular complexity index is 494. The first-order valence-electron chi connectivity index (χ1n) is 7.03. The number of fused-ring (bicyclic) bond motifs is 1. The molecule has 1 fully saturated rings. The molecular weight excluding hydrogens is 322 g/mol. The second-order valence-corrected chi connectivity index (χ2v) is 5.97. The number of rotatable bonds is 3. The predicted octanol–water partition coefficient (Wildman–Crippen LogP) is 2.51. The van der Waals surface area contributed by atoms with Crippen molar-refractivity contribution in [2.75, 3.05) is 11.9 Å². The van der Waals surface area contributed by atoms with Crippen LogP contribution in [0, 0.1) is 5.92 Å². The highest BCUT2D eigenvalue weighted by Crippen LogP contribution is 2.31. The van der Waals surface area contributed by atoms with Crippen molar-refractivity contribution in [3.63, 3.8) is 0 Å². The molecule has 108 valence electrons. The van der Waals surface area contributed by atoms with Gasteiger partial charge in [0, 0.05) is 11.4 Å². The van der Waals surface area contributed by atoms with Crippen LogP contribution in [0.15, 0.2) is 24.3 Å². The van der Waals surface area contributed by atoms with E-state index in [2.05, 4.69) is 21.2 Å². The number of amides is 1. The van der Waals surface area contributed by atoms with Crippen LogP contribution in [0.4, 0.5) is 0 Å². The van der Waals surface area contributed by atoms with Gasteiger partial charge in [0.25, 0.3) is 5.91 Å². The fourth-order valence-corrected chi connectivity index (χ4v) is 3.61. The molecule has 4 nitrogen and oxygen atoms in total. The van der Waals surface area contributed by atoms with Gasteiger partial charge >= 0.3 is 0 Å². The number of alkyl halides is 1. The van der Waals surface area contributed by atoms with E-state index in [1.807, 2.05) is 24.3 Å². The normalized spacial score (nSPS) is 28.1. The van der Waals surface area contributed by atoms with Gasteiger partial charge in [-0.25, -0.2) is 0 Å². The minimum atomic E-state index is -0.554. The monoisotopic (exact) mass is 339 g/mol. The number of benzene rings is 1. The number of carbonyl (C=O) groups is 1. The van der Waals surface area contributed by atoms with Crippen molar-refractivity contribution in [2.45, 2.75) is 31.4 Å². The summed E-state index contributed by atoms with van der Waals surface area (Å²) < 4.78 is 11.3. The Labute approximate surface area is 127 Å². The maximum Gasteiger partial charge on any atom is 0.264 e. The Kier molecular flexibility index (Phi) is 4.15. The summed E-state index contributed by atoms with van der Waals surface area (Å²) in [7, 11) is 0. The maximum absolute atomic E-state index is 12.3. The van der Waals surface area contributed by atoms with Crippen LogP contribution in [0.1, 0.15) is 19.3 Å². The van der Waals surface area contributed by atoms with Gasteiger partial charge in [-0.15, -0.1) is 0 Å². The lowest BCUT2D eigenvalue weighted by molar-refractivity contribution is -0.131. The van der Waals surface area contributed by atoms with Crippen LogP contribution in [0.5, 0.6) is 11.5 Å². The quantitative estimate of drug-likeness (QED) is 0.860. The van der Waals surface area contributed by atoms with Crippen LogP contribution in [0.2, 0.25) is 0 Å². The van der Waals surface area contributed by atoms with Crippen LogP contribution in [-0.2, 0) is 4.79 Å². The van der Waals surface area contributed by atoms with Crippen molar-refractivity contribution in [3.05, 3.63) is 24.3 Å². The highest BCUT2D eigenvalue weighted by Gasteiger charge is 2.32. The maximum atomic E-state index is 12.3. The van der Waals surface area contributed by atoms with E-state index in [0.717, 1.165) is 11.8 Å². The molecule has 1 aliphatic carbocycles. The smallest absolute Gasteiger partial charge is 0.264 e. The first-order valence-corrected chi connectivity index (χ1v) is 8.15. The molecule has 1 aliphatic heterocycles. The third kappa shape index (κ3) is 2.77. The molecule has 1 saturated carbocycles. The Morgan fingerprint density at radius 1 is 1.30 bits per heavy atom. The minimum Gasteiger partial charge on any atom is -0.485 e.